The molecule has 0 saturated heterocycles. The van der Waals surface area contributed by atoms with Crippen LogP contribution in [0.3, 0.4) is 0 Å². The molecule has 0 aliphatic heterocycles. The average Bonchev–Trinajstić information content (AvgIpc) is 3.38. The van der Waals surface area contributed by atoms with Crippen molar-refractivity contribution in [2.45, 2.75) is 283 Å². The molecule has 9 nitrogen and oxygen atoms in total. The Hall–Kier alpha value is -3.27. The molecule has 0 fully saturated rings. The van der Waals surface area contributed by atoms with Gasteiger partial charge < -0.3 is 28.5 Å². The molecule has 75 heavy (non-hydrogen) atoms. The number of carboxylic acid groups (broad SMARTS) is 1. The zero-order valence-corrected chi connectivity index (χ0v) is 49.4. The topological polar surface area (TPSA) is 108 Å². The van der Waals surface area contributed by atoms with Crippen molar-refractivity contribution in [1.29, 1.82) is 0 Å². The molecule has 0 aromatic heterocycles. The number of carbonyl (C=O) groups excluding carboxylic acids is 2. The summed E-state index contributed by atoms with van der Waals surface area (Å²) in [4.78, 5) is 37.5. The van der Waals surface area contributed by atoms with Crippen LogP contribution in [0, 0.1) is 0 Å². The van der Waals surface area contributed by atoms with Gasteiger partial charge in [0.15, 0.2) is 6.10 Å². The van der Waals surface area contributed by atoms with Crippen molar-refractivity contribution in [3.8, 4) is 0 Å². The third kappa shape index (κ3) is 58.3. The quantitative estimate of drug-likeness (QED) is 0.0211. The van der Waals surface area contributed by atoms with Crippen molar-refractivity contribution in [2.24, 2.45) is 0 Å². The summed E-state index contributed by atoms with van der Waals surface area (Å²) in [6.45, 7) is 4.79. The first-order chi connectivity index (χ1) is 36.6. The fourth-order valence-corrected chi connectivity index (χ4v) is 8.72. The number of quaternary nitrogens is 1. The Bertz CT molecular complexity index is 1460. The molecule has 0 aliphatic carbocycles. The van der Waals surface area contributed by atoms with Crippen LogP contribution >= 0.6 is 0 Å². The van der Waals surface area contributed by atoms with E-state index >= 15 is 0 Å². The molecule has 0 rings (SSSR count). The average molecular weight is 1050 g/mol. The molecule has 0 saturated carbocycles. The van der Waals surface area contributed by atoms with E-state index in [1.165, 1.54) is 154 Å². The van der Waals surface area contributed by atoms with Crippen LogP contribution in [0.15, 0.2) is 72.9 Å². The first-order valence-corrected chi connectivity index (χ1v) is 31.1. The molecule has 434 valence electrons. The van der Waals surface area contributed by atoms with Gasteiger partial charge in [-0.15, -0.1) is 0 Å². The Kier molecular flexibility index (Phi) is 54.4. The van der Waals surface area contributed by atoms with Crippen LogP contribution in [0.1, 0.15) is 271 Å². The number of nitrogens with zero attached hydrogens (tertiary/aromatic N) is 1. The molecule has 1 N–H and O–H groups in total. The molecule has 0 bridgehead atoms. The summed E-state index contributed by atoms with van der Waals surface area (Å²) in [5, 5.41) is 9.72. The van der Waals surface area contributed by atoms with E-state index in [0.29, 0.717) is 23.9 Å². The maximum absolute atomic E-state index is 12.9. The summed E-state index contributed by atoms with van der Waals surface area (Å²) in [5.41, 5.74) is 0. The maximum atomic E-state index is 12.9. The first-order valence-electron chi connectivity index (χ1n) is 31.1. The van der Waals surface area contributed by atoms with Gasteiger partial charge in [0.2, 0.25) is 0 Å². The van der Waals surface area contributed by atoms with Gasteiger partial charge in [0.25, 0.3) is 6.29 Å². The van der Waals surface area contributed by atoms with E-state index in [4.69, 9.17) is 18.9 Å². The number of aliphatic carboxylic acids is 1. The summed E-state index contributed by atoms with van der Waals surface area (Å²) in [7, 11) is 5.97. The van der Waals surface area contributed by atoms with Crippen molar-refractivity contribution in [1.82, 2.24) is 0 Å². The van der Waals surface area contributed by atoms with Crippen LogP contribution in [-0.4, -0.2) is 87.4 Å². The molecule has 0 aromatic rings. The third-order valence-electron chi connectivity index (χ3n) is 13.5. The lowest BCUT2D eigenvalue weighted by molar-refractivity contribution is -0.870. The van der Waals surface area contributed by atoms with Gasteiger partial charge in [0.1, 0.15) is 13.2 Å². The van der Waals surface area contributed by atoms with E-state index in [1.54, 1.807) is 0 Å². The standard InChI is InChI=1S/C66H117NO8/c1-6-8-10-12-14-16-18-20-22-24-26-28-29-30-31-32-33-34-35-37-39-41-43-45-47-49-51-53-55-57-64(69)75-62(61-74-66(65(70)71)72-59-58-67(3,4)5)60-73-63(68)56-54-52-50-48-46-44-42-40-38-36-27-25-23-21-19-17-15-13-11-9-7-2/h8,10,14,16,20,22,26,28,30-31,33-34,62,66H,6-7,9,11-13,15,17-19,21,23-25,27,29,32,35-61H2,1-5H3/p+1/b10-8-,16-14-,22-20-,28-26-,31-30-,34-33-. The molecule has 0 heterocycles. The highest BCUT2D eigenvalue weighted by atomic mass is 16.7. The van der Waals surface area contributed by atoms with Crippen molar-refractivity contribution < 1.29 is 42.9 Å². The SMILES string of the molecule is CC/C=C\C/C=C\C/C=C\C/C=C\C/C=C\C/C=C\CCCCCCCCCCCCC(=O)OC(COC(=O)CCCCCCCCCCCCCCCCCCCCCCC)COC(OCC[N+](C)(C)C)C(=O)O. The number of hydrogen-bond acceptors (Lipinski definition) is 7. The number of unbranched alkanes of at least 4 members (excludes halogenated alkanes) is 30. The highest BCUT2D eigenvalue weighted by molar-refractivity contribution is 5.71. The number of ether oxygens (including phenoxy) is 4. The second-order valence-corrected chi connectivity index (χ2v) is 22.0. The lowest BCUT2D eigenvalue weighted by Crippen LogP contribution is -2.40. The maximum Gasteiger partial charge on any atom is 0.361 e. The molecule has 9 heteroatoms. The Balaban J connectivity index is 4.21. The Morgan fingerprint density at radius 3 is 1.13 bits per heavy atom. The van der Waals surface area contributed by atoms with Gasteiger partial charge >= 0.3 is 17.9 Å². The second kappa shape index (κ2) is 56.9. The largest absolute Gasteiger partial charge is 0.477 e. The van der Waals surface area contributed by atoms with Crippen molar-refractivity contribution in [3.63, 3.8) is 0 Å². The van der Waals surface area contributed by atoms with Gasteiger partial charge in [-0.2, -0.15) is 0 Å². The van der Waals surface area contributed by atoms with Gasteiger partial charge in [0.05, 0.1) is 34.4 Å². The summed E-state index contributed by atoms with van der Waals surface area (Å²) in [6.07, 6.45) is 71.3. The number of carboxylic acids is 1. The van der Waals surface area contributed by atoms with Gasteiger partial charge in [-0.3, -0.25) is 9.59 Å². The van der Waals surface area contributed by atoms with Crippen LogP contribution in [0.2, 0.25) is 0 Å². The molecule has 0 spiro atoms. The lowest BCUT2D eigenvalue weighted by Gasteiger charge is -2.25. The fraction of sp³-hybridized carbons (Fsp3) is 0.773. The zero-order valence-electron chi connectivity index (χ0n) is 49.4. The smallest absolute Gasteiger partial charge is 0.361 e. The number of likely N-dealkylation sites (N-methyl/N-ethyl adjacent to an activating group) is 1. The highest BCUT2D eigenvalue weighted by Crippen LogP contribution is 2.17. The molecule has 0 aliphatic rings. The van der Waals surface area contributed by atoms with E-state index in [0.717, 1.165) is 83.5 Å². The van der Waals surface area contributed by atoms with Crippen molar-refractivity contribution in [2.75, 3.05) is 47.5 Å². The second-order valence-electron chi connectivity index (χ2n) is 22.0. The summed E-state index contributed by atoms with van der Waals surface area (Å²) < 4.78 is 22.9. The lowest BCUT2D eigenvalue weighted by atomic mass is 10.0. The van der Waals surface area contributed by atoms with Crippen molar-refractivity contribution in [3.05, 3.63) is 72.9 Å². The van der Waals surface area contributed by atoms with Crippen LogP contribution < -0.4 is 0 Å². The minimum Gasteiger partial charge on any atom is -0.477 e. The molecule has 0 radical (unpaired) electrons. The molecular weight excluding hydrogens is 935 g/mol. The monoisotopic (exact) mass is 1050 g/mol. The van der Waals surface area contributed by atoms with Crippen LogP contribution in [0.5, 0.6) is 0 Å². The molecular formula is C66H118NO8+. The molecule has 2 atom stereocenters. The van der Waals surface area contributed by atoms with E-state index in [9.17, 15) is 19.5 Å². The molecule has 0 amide bonds. The predicted octanol–water partition coefficient (Wildman–Crippen LogP) is 18.6. The summed E-state index contributed by atoms with van der Waals surface area (Å²) in [6, 6.07) is 0. The minimum absolute atomic E-state index is 0.183. The third-order valence-corrected chi connectivity index (χ3v) is 13.5. The first kappa shape index (κ1) is 71.7. The fourth-order valence-electron chi connectivity index (χ4n) is 8.72. The zero-order chi connectivity index (χ0) is 54.8. The predicted molar refractivity (Wildman–Crippen MR) is 318 cm³/mol. The number of hydrogen-bond donors (Lipinski definition) is 1. The Labute approximate surface area is 462 Å². The Morgan fingerprint density at radius 1 is 0.413 bits per heavy atom. The molecule has 2 unspecified atom stereocenters. The van der Waals surface area contributed by atoms with Gasteiger partial charge in [-0.1, -0.05) is 267 Å². The highest BCUT2D eigenvalue weighted by Gasteiger charge is 2.25. The summed E-state index contributed by atoms with van der Waals surface area (Å²) >= 11 is 0. The van der Waals surface area contributed by atoms with Crippen LogP contribution in [-0.2, 0) is 33.3 Å². The van der Waals surface area contributed by atoms with Gasteiger partial charge in [-0.05, 0) is 64.2 Å². The van der Waals surface area contributed by atoms with E-state index in [1.807, 2.05) is 21.1 Å². The molecule has 0 aromatic carbocycles. The van der Waals surface area contributed by atoms with Crippen molar-refractivity contribution >= 4 is 17.9 Å². The van der Waals surface area contributed by atoms with Gasteiger partial charge in [0, 0.05) is 12.8 Å². The van der Waals surface area contributed by atoms with Gasteiger partial charge in [-0.25, -0.2) is 4.79 Å². The number of allylic oxidation sites excluding steroid dienone is 12. The Morgan fingerprint density at radius 2 is 0.760 bits per heavy atom. The van der Waals surface area contributed by atoms with E-state index in [-0.39, 0.29) is 32.2 Å². The van der Waals surface area contributed by atoms with E-state index < -0.39 is 24.3 Å². The number of carbonyl (C=O) groups is 3. The minimum atomic E-state index is -1.51. The van der Waals surface area contributed by atoms with Crippen LogP contribution in [0.25, 0.3) is 0 Å². The number of esters is 2. The normalized spacial score (nSPS) is 13.2. The summed E-state index contributed by atoms with van der Waals surface area (Å²) in [5.74, 6) is -2.00. The van der Waals surface area contributed by atoms with Crippen LogP contribution in [0.4, 0.5) is 0 Å². The number of rotatable bonds is 57. The van der Waals surface area contributed by atoms with E-state index in [2.05, 4.69) is 86.8 Å².